The van der Waals surface area contributed by atoms with Crippen molar-refractivity contribution in [1.29, 1.82) is 0 Å². The van der Waals surface area contributed by atoms with Gasteiger partial charge in [-0.15, -0.1) is 0 Å². The number of carbonyl (C=O) groups is 1. The number of halogens is 3. The van der Waals surface area contributed by atoms with E-state index in [1.165, 1.54) is 12.3 Å². The summed E-state index contributed by atoms with van der Waals surface area (Å²) in [6.07, 6.45) is -2.73. The van der Waals surface area contributed by atoms with E-state index < -0.39 is 17.8 Å². The summed E-state index contributed by atoms with van der Waals surface area (Å²) >= 11 is 0. The molecule has 2 aromatic heterocycles. The van der Waals surface area contributed by atoms with Gasteiger partial charge in [0.15, 0.2) is 0 Å². The normalized spacial score (nSPS) is 11.3. The number of alkyl halides is 3. The van der Waals surface area contributed by atoms with E-state index in [0.29, 0.717) is 18.0 Å². The molecule has 134 valence electrons. The summed E-state index contributed by atoms with van der Waals surface area (Å²) in [5.41, 5.74) is 0.0659. The number of nitrogens with zero attached hydrogens (tertiary/aromatic N) is 2. The Balaban J connectivity index is 1.57. The van der Waals surface area contributed by atoms with E-state index in [1.54, 1.807) is 0 Å². The smallest absolute Gasteiger partial charge is 0.433 e. The highest BCUT2D eigenvalue weighted by Gasteiger charge is 2.32. The molecule has 0 aliphatic heterocycles. The van der Waals surface area contributed by atoms with Gasteiger partial charge in [0, 0.05) is 18.5 Å². The van der Waals surface area contributed by atoms with Gasteiger partial charge < -0.3 is 9.73 Å². The summed E-state index contributed by atoms with van der Waals surface area (Å²) in [4.78, 5) is 19.6. The lowest BCUT2D eigenvalue weighted by molar-refractivity contribution is -0.141. The topological polar surface area (TPSA) is 68.0 Å². The van der Waals surface area contributed by atoms with Gasteiger partial charge >= 0.3 is 6.18 Å². The molecule has 0 saturated heterocycles. The lowest BCUT2D eigenvalue weighted by Crippen LogP contribution is -2.27. The number of rotatable bonds is 5. The second-order valence-corrected chi connectivity index (χ2v) is 5.42. The molecule has 5 nitrogen and oxygen atoms in total. The maximum atomic E-state index is 12.6. The molecule has 3 aromatic rings. The SMILES string of the molecule is O=C(NCCc1coc(-c2ccccc2)n1)c1cccc(C(F)(F)F)n1. The van der Waals surface area contributed by atoms with Crippen molar-refractivity contribution in [1.82, 2.24) is 15.3 Å². The number of carbonyl (C=O) groups excluding carboxylic acids is 1. The van der Waals surface area contributed by atoms with Crippen LogP contribution < -0.4 is 5.32 Å². The minimum Gasteiger partial charge on any atom is -0.444 e. The number of pyridine rings is 1. The molecule has 0 unspecified atom stereocenters. The average molecular weight is 361 g/mol. The first kappa shape index (κ1) is 17.7. The number of amides is 1. The summed E-state index contributed by atoms with van der Waals surface area (Å²) in [7, 11) is 0. The Labute approximate surface area is 146 Å². The van der Waals surface area contributed by atoms with Crippen LogP contribution in [0.15, 0.2) is 59.2 Å². The van der Waals surface area contributed by atoms with Crippen molar-refractivity contribution in [2.75, 3.05) is 6.54 Å². The third kappa shape index (κ3) is 4.27. The van der Waals surface area contributed by atoms with Crippen LogP contribution in [-0.4, -0.2) is 22.4 Å². The first-order valence-electron chi connectivity index (χ1n) is 7.76. The van der Waals surface area contributed by atoms with Crippen molar-refractivity contribution < 1.29 is 22.4 Å². The molecule has 26 heavy (non-hydrogen) atoms. The van der Waals surface area contributed by atoms with Crippen LogP contribution >= 0.6 is 0 Å². The molecule has 8 heteroatoms. The monoisotopic (exact) mass is 361 g/mol. The Morgan fingerprint density at radius 1 is 1.04 bits per heavy atom. The molecule has 0 aliphatic carbocycles. The lowest BCUT2D eigenvalue weighted by Gasteiger charge is -2.07. The highest BCUT2D eigenvalue weighted by Crippen LogP contribution is 2.27. The Morgan fingerprint density at radius 3 is 2.54 bits per heavy atom. The molecule has 0 aliphatic rings. The van der Waals surface area contributed by atoms with Crippen molar-refractivity contribution >= 4 is 5.91 Å². The Morgan fingerprint density at radius 2 is 1.81 bits per heavy atom. The predicted octanol–water partition coefficient (Wildman–Crippen LogP) is 3.73. The highest BCUT2D eigenvalue weighted by molar-refractivity contribution is 5.92. The Kier molecular flexibility index (Phi) is 5.01. The van der Waals surface area contributed by atoms with Gasteiger partial charge in [0.05, 0.1) is 5.69 Å². The zero-order chi connectivity index (χ0) is 18.6. The number of aromatic nitrogens is 2. The minimum atomic E-state index is -4.59. The standard InChI is InChI=1S/C18H14F3N3O2/c19-18(20,21)15-8-4-7-14(24-15)16(25)22-10-9-13-11-26-17(23-13)12-5-2-1-3-6-12/h1-8,11H,9-10H2,(H,22,25). The number of hydrogen-bond acceptors (Lipinski definition) is 4. The second-order valence-electron chi connectivity index (χ2n) is 5.42. The van der Waals surface area contributed by atoms with Crippen LogP contribution in [0.2, 0.25) is 0 Å². The van der Waals surface area contributed by atoms with Crippen LogP contribution in [0, 0.1) is 0 Å². The summed E-state index contributed by atoms with van der Waals surface area (Å²) in [6.45, 7) is 0.192. The van der Waals surface area contributed by atoms with Crippen LogP contribution in [0.5, 0.6) is 0 Å². The molecule has 1 N–H and O–H groups in total. The third-order valence-electron chi connectivity index (χ3n) is 3.51. The Hall–Kier alpha value is -3.16. The second kappa shape index (κ2) is 7.38. The van der Waals surface area contributed by atoms with Crippen molar-refractivity contribution in [3.05, 3.63) is 71.9 Å². The number of nitrogens with one attached hydrogen (secondary N) is 1. The quantitative estimate of drug-likeness (QED) is 0.752. The van der Waals surface area contributed by atoms with Crippen molar-refractivity contribution in [3.63, 3.8) is 0 Å². The van der Waals surface area contributed by atoms with Crippen molar-refractivity contribution in [2.24, 2.45) is 0 Å². The average Bonchev–Trinajstić information content (AvgIpc) is 3.11. The van der Waals surface area contributed by atoms with Crippen LogP contribution in [0.3, 0.4) is 0 Å². The summed E-state index contributed by atoms with van der Waals surface area (Å²) in [5, 5.41) is 2.52. The summed E-state index contributed by atoms with van der Waals surface area (Å²) in [6, 6.07) is 12.5. The molecule has 0 radical (unpaired) electrons. The Bertz CT molecular complexity index is 892. The van der Waals surface area contributed by atoms with Gasteiger partial charge in [-0.3, -0.25) is 4.79 Å². The largest absolute Gasteiger partial charge is 0.444 e. The van der Waals surface area contributed by atoms with Gasteiger partial charge in [-0.25, -0.2) is 9.97 Å². The van der Waals surface area contributed by atoms with E-state index in [2.05, 4.69) is 15.3 Å². The van der Waals surface area contributed by atoms with Gasteiger partial charge in [0.25, 0.3) is 5.91 Å². The summed E-state index contributed by atoms with van der Waals surface area (Å²) < 4.78 is 43.3. The fourth-order valence-electron chi connectivity index (χ4n) is 2.25. The molecule has 1 aromatic carbocycles. The molecular formula is C18H14F3N3O2. The summed E-state index contributed by atoms with van der Waals surface area (Å²) in [5.74, 6) is -0.214. The van der Waals surface area contributed by atoms with E-state index in [4.69, 9.17) is 4.42 Å². The third-order valence-corrected chi connectivity index (χ3v) is 3.51. The number of hydrogen-bond donors (Lipinski definition) is 1. The van der Waals surface area contributed by atoms with Gasteiger partial charge in [-0.2, -0.15) is 13.2 Å². The van der Waals surface area contributed by atoms with E-state index in [-0.39, 0.29) is 12.2 Å². The van der Waals surface area contributed by atoms with Gasteiger partial charge in [0.2, 0.25) is 5.89 Å². The molecule has 1 amide bonds. The maximum absolute atomic E-state index is 12.6. The molecule has 0 atom stereocenters. The molecular weight excluding hydrogens is 347 g/mol. The molecule has 2 heterocycles. The van der Waals surface area contributed by atoms with Crippen molar-refractivity contribution in [2.45, 2.75) is 12.6 Å². The van der Waals surface area contributed by atoms with Crippen molar-refractivity contribution in [3.8, 4) is 11.5 Å². The first-order valence-corrected chi connectivity index (χ1v) is 7.76. The van der Waals surface area contributed by atoms with Gasteiger partial charge in [0.1, 0.15) is 17.7 Å². The van der Waals surface area contributed by atoms with Gasteiger partial charge in [-0.1, -0.05) is 24.3 Å². The fourth-order valence-corrected chi connectivity index (χ4v) is 2.25. The fraction of sp³-hybridized carbons (Fsp3) is 0.167. The van der Waals surface area contributed by atoms with Gasteiger partial charge in [-0.05, 0) is 24.3 Å². The number of benzene rings is 1. The van der Waals surface area contributed by atoms with Crippen LogP contribution in [0.25, 0.3) is 11.5 Å². The molecule has 3 rings (SSSR count). The van der Waals surface area contributed by atoms with E-state index in [9.17, 15) is 18.0 Å². The molecule has 0 bridgehead atoms. The van der Waals surface area contributed by atoms with E-state index in [0.717, 1.165) is 17.7 Å². The molecule has 0 fully saturated rings. The van der Waals surface area contributed by atoms with E-state index >= 15 is 0 Å². The van der Waals surface area contributed by atoms with Crippen LogP contribution in [0.1, 0.15) is 21.9 Å². The minimum absolute atomic E-state index is 0.192. The van der Waals surface area contributed by atoms with Crippen LogP contribution in [0.4, 0.5) is 13.2 Å². The lowest BCUT2D eigenvalue weighted by atomic mass is 10.2. The predicted molar refractivity (Wildman–Crippen MR) is 87.2 cm³/mol. The maximum Gasteiger partial charge on any atom is 0.433 e. The zero-order valence-corrected chi connectivity index (χ0v) is 13.5. The first-order chi connectivity index (χ1) is 12.4. The molecule has 0 saturated carbocycles. The number of oxazole rings is 1. The molecule has 0 spiro atoms. The zero-order valence-electron chi connectivity index (χ0n) is 13.5. The van der Waals surface area contributed by atoms with Crippen LogP contribution in [-0.2, 0) is 12.6 Å². The highest BCUT2D eigenvalue weighted by atomic mass is 19.4. The van der Waals surface area contributed by atoms with E-state index in [1.807, 2.05) is 30.3 Å².